The average Bonchev–Trinajstić information content (AvgIpc) is 2.21. The maximum absolute atomic E-state index is 5.77. The molecule has 0 rings (SSSR count). The highest BCUT2D eigenvalue weighted by atomic mass is 16.5. The molecule has 2 unspecified atom stereocenters. The molecule has 0 aliphatic carbocycles. The molecule has 0 saturated carbocycles. The van der Waals surface area contributed by atoms with Crippen LogP contribution >= 0.6 is 0 Å². The molecule has 0 aromatic rings. The van der Waals surface area contributed by atoms with Gasteiger partial charge in [-0.15, -0.1) is 0 Å². The van der Waals surface area contributed by atoms with E-state index in [0.29, 0.717) is 18.6 Å². The van der Waals surface area contributed by atoms with Gasteiger partial charge in [0.2, 0.25) is 0 Å². The van der Waals surface area contributed by atoms with Gasteiger partial charge >= 0.3 is 0 Å². The molecular formula is C12H27NO2. The Bertz CT molecular complexity index is 140. The highest BCUT2D eigenvalue weighted by Gasteiger charge is 2.24. The lowest BCUT2D eigenvalue weighted by Crippen LogP contribution is -2.47. The molecule has 0 aromatic carbocycles. The first kappa shape index (κ1) is 14.9. The summed E-state index contributed by atoms with van der Waals surface area (Å²) in [5.41, 5.74) is 0. The van der Waals surface area contributed by atoms with E-state index in [1.165, 1.54) is 0 Å². The van der Waals surface area contributed by atoms with E-state index in [1.807, 2.05) is 6.92 Å². The quantitative estimate of drug-likeness (QED) is 0.641. The molecule has 0 bridgehead atoms. The molecule has 1 N–H and O–H groups in total. The molecule has 2 atom stereocenters. The normalized spacial score (nSPS) is 15.6. The summed E-state index contributed by atoms with van der Waals surface area (Å²) in [5.74, 6) is 0.509. The minimum atomic E-state index is 0.237. The number of nitrogens with one attached hydrogen (secondary N) is 1. The van der Waals surface area contributed by atoms with E-state index in [1.54, 1.807) is 7.11 Å². The molecular weight excluding hydrogens is 190 g/mol. The van der Waals surface area contributed by atoms with Crippen LogP contribution in [0.5, 0.6) is 0 Å². The van der Waals surface area contributed by atoms with Crippen LogP contribution in [0.15, 0.2) is 0 Å². The third kappa shape index (κ3) is 6.13. The van der Waals surface area contributed by atoms with Gasteiger partial charge < -0.3 is 14.8 Å². The Kier molecular flexibility index (Phi) is 9.06. The molecule has 3 heteroatoms. The van der Waals surface area contributed by atoms with Gasteiger partial charge in [0.05, 0.1) is 18.8 Å². The lowest BCUT2D eigenvalue weighted by atomic mass is 9.99. The fraction of sp³-hybridized carbons (Fsp3) is 1.00. The molecule has 3 nitrogen and oxygen atoms in total. The maximum atomic E-state index is 5.77. The van der Waals surface area contributed by atoms with Gasteiger partial charge in [-0.1, -0.05) is 20.8 Å². The number of hydrogen-bond acceptors (Lipinski definition) is 3. The SMILES string of the molecule is CCCNC(COC)C(OCC)C(C)C. The Morgan fingerprint density at radius 3 is 2.27 bits per heavy atom. The smallest absolute Gasteiger partial charge is 0.0773 e. The maximum Gasteiger partial charge on any atom is 0.0773 e. The third-order valence-corrected chi connectivity index (χ3v) is 2.42. The summed E-state index contributed by atoms with van der Waals surface area (Å²) < 4.78 is 11.0. The minimum Gasteiger partial charge on any atom is -0.383 e. The predicted octanol–water partition coefficient (Wildman–Crippen LogP) is 2.06. The van der Waals surface area contributed by atoms with Gasteiger partial charge in [0.15, 0.2) is 0 Å². The molecule has 0 aliphatic rings. The lowest BCUT2D eigenvalue weighted by molar-refractivity contribution is -0.0166. The Morgan fingerprint density at radius 1 is 1.20 bits per heavy atom. The summed E-state index contributed by atoms with van der Waals surface area (Å²) in [6.07, 6.45) is 1.37. The van der Waals surface area contributed by atoms with Crippen molar-refractivity contribution in [2.45, 2.75) is 46.3 Å². The Morgan fingerprint density at radius 2 is 1.87 bits per heavy atom. The Labute approximate surface area is 94.5 Å². The second-order valence-electron chi connectivity index (χ2n) is 4.18. The molecule has 0 fully saturated rings. The van der Waals surface area contributed by atoms with Crippen LogP contribution in [0.4, 0.5) is 0 Å². The van der Waals surface area contributed by atoms with Gasteiger partial charge in [0, 0.05) is 13.7 Å². The summed E-state index contributed by atoms with van der Waals surface area (Å²) in [7, 11) is 1.74. The summed E-state index contributed by atoms with van der Waals surface area (Å²) >= 11 is 0. The summed E-state index contributed by atoms with van der Waals surface area (Å²) in [4.78, 5) is 0. The molecule has 0 aromatic heterocycles. The fourth-order valence-electron chi connectivity index (χ4n) is 1.74. The zero-order valence-electron chi connectivity index (χ0n) is 10.9. The zero-order valence-corrected chi connectivity index (χ0v) is 10.9. The van der Waals surface area contributed by atoms with Gasteiger partial charge in [0.1, 0.15) is 0 Å². The van der Waals surface area contributed by atoms with Crippen LogP contribution < -0.4 is 5.32 Å². The van der Waals surface area contributed by atoms with Crippen LogP contribution in [0.1, 0.15) is 34.1 Å². The molecule has 0 saturated heterocycles. The molecule has 0 spiro atoms. The summed E-state index contributed by atoms with van der Waals surface area (Å²) in [6.45, 7) is 11.1. The van der Waals surface area contributed by atoms with Gasteiger partial charge in [-0.25, -0.2) is 0 Å². The first-order valence-electron chi connectivity index (χ1n) is 6.01. The van der Waals surface area contributed by atoms with Crippen molar-refractivity contribution in [1.29, 1.82) is 0 Å². The summed E-state index contributed by atoms with van der Waals surface area (Å²) in [5, 5.41) is 3.49. The topological polar surface area (TPSA) is 30.5 Å². The highest BCUT2D eigenvalue weighted by molar-refractivity contribution is 4.79. The zero-order chi connectivity index (χ0) is 11.7. The van der Waals surface area contributed by atoms with Crippen molar-refractivity contribution in [2.75, 3.05) is 26.9 Å². The van der Waals surface area contributed by atoms with Crippen molar-refractivity contribution in [3.63, 3.8) is 0 Å². The first-order valence-corrected chi connectivity index (χ1v) is 6.01. The first-order chi connectivity index (χ1) is 7.17. The molecule has 0 heterocycles. The van der Waals surface area contributed by atoms with Crippen molar-refractivity contribution in [3.05, 3.63) is 0 Å². The number of methoxy groups -OCH3 is 1. The molecule has 0 amide bonds. The molecule has 92 valence electrons. The van der Waals surface area contributed by atoms with Gasteiger partial charge in [-0.2, -0.15) is 0 Å². The van der Waals surface area contributed by atoms with E-state index < -0.39 is 0 Å². The monoisotopic (exact) mass is 217 g/mol. The van der Waals surface area contributed by atoms with E-state index in [9.17, 15) is 0 Å². The molecule has 0 radical (unpaired) electrons. The second-order valence-corrected chi connectivity index (χ2v) is 4.18. The van der Waals surface area contributed by atoms with Crippen molar-refractivity contribution in [1.82, 2.24) is 5.32 Å². The lowest BCUT2D eigenvalue weighted by Gasteiger charge is -2.30. The van der Waals surface area contributed by atoms with Gasteiger partial charge in [-0.3, -0.25) is 0 Å². The summed E-state index contributed by atoms with van der Waals surface area (Å²) in [6, 6.07) is 0.301. The van der Waals surface area contributed by atoms with Crippen molar-refractivity contribution in [2.24, 2.45) is 5.92 Å². The van der Waals surface area contributed by atoms with Crippen LogP contribution in [0.2, 0.25) is 0 Å². The predicted molar refractivity (Wildman–Crippen MR) is 64.2 cm³/mol. The third-order valence-electron chi connectivity index (χ3n) is 2.42. The van der Waals surface area contributed by atoms with Crippen LogP contribution in [0, 0.1) is 5.92 Å². The van der Waals surface area contributed by atoms with E-state index in [4.69, 9.17) is 9.47 Å². The van der Waals surface area contributed by atoms with Crippen molar-refractivity contribution < 1.29 is 9.47 Å². The van der Waals surface area contributed by atoms with Crippen LogP contribution in [0.25, 0.3) is 0 Å². The largest absolute Gasteiger partial charge is 0.383 e. The minimum absolute atomic E-state index is 0.237. The van der Waals surface area contributed by atoms with E-state index >= 15 is 0 Å². The standard InChI is InChI=1S/C12H27NO2/c1-6-8-13-11(9-14-5)12(10(3)4)15-7-2/h10-13H,6-9H2,1-5H3. The molecule has 0 aliphatic heterocycles. The van der Waals surface area contributed by atoms with Crippen LogP contribution in [-0.4, -0.2) is 39.0 Å². The van der Waals surface area contributed by atoms with Crippen molar-refractivity contribution in [3.8, 4) is 0 Å². The number of rotatable bonds is 9. The Balaban J connectivity index is 4.23. The van der Waals surface area contributed by atoms with E-state index in [-0.39, 0.29) is 6.10 Å². The second kappa shape index (κ2) is 9.13. The average molecular weight is 217 g/mol. The highest BCUT2D eigenvalue weighted by Crippen LogP contribution is 2.12. The van der Waals surface area contributed by atoms with Gasteiger partial charge in [-0.05, 0) is 25.8 Å². The molecule has 15 heavy (non-hydrogen) atoms. The number of ether oxygens (including phenoxy) is 2. The van der Waals surface area contributed by atoms with Gasteiger partial charge in [0.25, 0.3) is 0 Å². The Hall–Kier alpha value is -0.120. The van der Waals surface area contributed by atoms with Crippen LogP contribution in [-0.2, 0) is 9.47 Å². The van der Waals surface area contributed by atoms with E-state index in [0.717, 1.165) is 19.6 Å². The van der Waals surface area contributed by atoms with Crippen LogP contribution in [0.3, 0.4) is 0 Å². The van der Waals surface area contributed by atoms with Crippen molar-refractivity contribution >= 4 is 0 Å². The van der Waals surface area contributed by atoms with E-state index in [2.05, 4.69) is 26.1 Å². The fourth-order valence-corrected chi connectivity index (χ4v) is 1.74. The number of hydrogen-bond donors (Lipinski definition) is 1.